The fraction of sp³-hybridized carbons (Fsp3) is 0.550. The molecule has 0 amide bonds. The third-order valence-electron chi connectivity index (χ3n) is 6.16. The summed E-state index contributed by atoms with van der Waals surface area (Å²) in [4.78, 5) is 12.6. The van der Waals surface area contributed by atoms with Crippen LogP contribution in [0.25, 0.3) is 5.57 Å². The summed E-state index contributed by atoms with van der Waals surface area (Å²) in [5, 5.41) is 0. The molecule has 0 radical (unpaired) electrons. The summed E-state index contributed by atoms with van der Waals surface area (Å²) in [6.07, 6.45) is 9.98. The van der Waals surface area contributed by atoms with E-state index in [2.05, 4.69) is 0 Å². The molecule has 0 unspecified atom stereocenters. The van der Waals surface area contributed by atoms with Crippen LogP contribution in [0.2, 0.25) is 0 Å². The van der Waals surface area contributed by atoms with Gasteiger partial charge in [0.2, 0.25) is 0 Å². The van der Waals surface area contributed by atoms with E-state index >= 15 is 0 Å². The van der Waals surface area contributed by atoms with Crippen LogP contribution in [0.1, 0.15) is 55.2 Å². The van der Waals surface area contributed by atoms with Crippen molar-refractivity contribution in [2.75, 3.05) is 6.61 Å². The monoisotopic (exact) mass is 314 g/mol. The third kappa shape index (κ3) is 2.60. The van der Waals surface area contributed by atoms with E-state index in [0.29, 0.717) is 18.6 Å². The Hall–Kier alpha value is -1.64. The Morgan fingerprint density at radius 1 is 1.26 bits per heavy atom. The van der Waals surface area contributed by atoms with Crippen molar-refractivity contribution in [2.45, 2.75) is 51.9 Å². The molecule has 23 heavy (non-hydrogen) atoms. The average molecular weight is 314 g/mol. The van der Waals surface area contributed by atoms with Gasteiger partial charge in [-0.05, 0) is 86.6 Å². The second-order valence-electron chi connectivity index (χ2n) is 7.64. The lowest BCUT2D eigenvalue weighted by Crippen LogP contribution is -2.38. The molecule has 3 heteroatoms. The number of aryl methyl sites for hydroxylation is 1. The highest BCUT2D eigenvalue weighted by atomic mass is 19.1. The summed E-state index contributed by atoms with van der Waals surface area (Å²) in [5.74, 6) is 0.442. The first kappa shape index (κ1) is 14.9. The van der Waals surface area contributed by atoms with E-state index in [1.54, 1.807) is 0 Å². The molecular formula is C20H23FO2. The van der Waals surface area contributed by atoms with Crippen molar-refractivity contribution in [1.82, 2.24) is 0 Å². The maximum atomic E-state index is 13.5. The minimum atomic E-state index is -0.236. The summed E-state index contributed by atoms with van der Waals surface area (Å²) in [5.41, 5.74) is 3.44. The van der Waals surface area contributed by atoms with Crippen LogP contribution in [0.5, 0.6) is 0 Å². The minimum absolute atomic E-state index is 0.226. The van der Waals surface area contributed by atoms with Gasteiger partial charge in [-0.3, -0.25) is 0 Å². The van der Waals surface area contributed by atoms with Gasteiger partial charge in [0.15, 0.2) is 0 Å². The SMILES string of the molecule is Cc1cc(F)cc2c1C(C(=O)OCC13CCC(CC1)CC3)=CC2. The van der Waals surface area contributed by atoms with Gasteiger partial charge in [-0.2, -0.15) is 0 Å². The molecule has 4 aliphatic rings. The number of rotatable bonds is 3. The molecule has 122 valence electrons. The Balaban J connectivity index is 1.47. The van der Waals surface area contributed by atoms with Gasteiger partial charge in [-0.25, -0.2) is 9.18 Å². The Kier molecular flexibility index (Phi) is 3.55. The van der Waals surface area contributed by atoms with E-state index in [-0.39, 0.29) is 17.2 Å². The summed E-state index contributed by atoms with van der Waals surface area (Å²) in [7, 11) is 0. The lowest BCUT2D eigenvalue weighted by molar-refractivity contribution is -0.142. The van der Waals surface area contributed by atoms with Crippen molar-refractivity contribution < 1.29 is 13.9 Å². The molecule has 1 aromatic carbocycles. The van der Waals surface area contributed by atoms with Crippen molar-refractivity contribution in [3.8, 4) is 0 Å². The molecule has 2 bridgehead atoms. The largest absolute Gasteiger partial charge is 0.461 e. The van der Waals surface area contributed by atoms with Crippen molar-refractivity contribution in [1.29, 1.82) is 0 Å². The van der Waals surface area contributed by atoms with Crippen molar-refractivity contribution in [2.24, 2.45) is 11.3 Å². The highest BCUT2D eigenvalue weighted by molar-refractivity contribution is 6.18. The van der Waals surface area contributed by atoms with E-state index in [4.69, 9.17) is 4.74 Å². The fourth-order valence-corrected chi connectivity index (χ4v) is 4.71. The van der Waals surface area contributed by atoms with E-state index < -0.39 is 0 Å². The quantitative estimate of drug-likeness (QED) is 0.763. The highest BCUT2D eigenvalue weighted by Gasteiger charge is 2.41. The van der Waals surface area contributed by atoms with Gasteiger partial charge in [0, 0.05) is 5.41 Å². The van der Waals surface area contributed by atoms with E-state index in [1.807, 2.05) is 13.0 Å². The molecule has 0 N–H and O–H groups in total. The number of fused-ring (bicyclic) bond motifs is 4. The van der Waals surface area contributed by atoms with Crippen LogP contribution < -0.4 is 0 Å². The van der Waals surface area contributed by atoms with Crippen LogP contribution in [0.15, 0.2) is 18.2 Å². The zero-order valence-corrected chi connectivity index (χ0v) is 13.7. The van der Waals surface area contributed by atoms with Crippen LogP contribution in [-0.4, -0.2) is 12.6 Å². The number of allylic oxidation sites excluding steroid dienone is 1. The molecule has 0 aromatic heterocycles. The zero-order chi connectivity index (χ0) is 16.0. The van der Waals surface area contributed by atoms with Gasteiger partial charge in [0.05, 0.1) is 12.2 Å². The predicted molar refractivity (Wildman–Crippen MR) is 87.4 cm³/mol. The number of benzene rings is 1. The lowest BCUT2D eigenvalue weighted by Gasteiger charge is -2.46. The van der Waals surface area contributed by atoms with Gasteiger partial charge < -0.3 is 4.74 Å². The molecule has 0 heterocycles. The summed E-state index contributed by atoms with van der Waals surface area (Å²) >= 11 is 0. The Bertz CT molecular complexity index is 667. The van der Waals surface area contributed by atoms with Gasteiger partial charge in [0.25, 0.3) is 0 Å². The average Bonchev–Trinajstić information content (AvgIpc) is 2.98. The van der Waals surface area contributed by atoms with Crippen molar-refractivity contribution in [3.05, 3.63) is 40.7 Å². The molecule has 0 saturated heterocycles. The van der Waals surface area contributed by atoms with Crippen LogP contribution in [-0.2, 0) is 16.0 Å². The first-order chi connectivity index (χ1) is 11.1. The van der Waals surface area contributed by atoms with Crippen LogP contribution >= 0.6 is 0 Å². The van der Waals surface area contributed by atoms with Gasteiger partial charge in [-0.1, -0.05) is 6.08 Å². The number of halogens is 1. The molecule has 5 rings (SSSR count). The molecule has 3 saturated carbocycles. The first-order valence-corrected chi connectivity index (χ1v) is 8.73. The van der Waals surface area contributed by atoms with Crippen LogP contribution in [0.3, 0.4) is 0 Å². The smallest absolute Gasteiger partial charge is 0.338 e. The van der Waals surface area contributed by atoms with Gasteiger partial charge in [-0.15, -0.1) is 0 Å². The normalized spacial score (nSPS) is 28.4. The van der Waals surface area contributed by atoms with Crippen molar-refractivity contribution in [3.63, 3.8) is 0 Å². The van der Waals surface area contributed by atoms with Crippen LogP contribution in [0.4, 0.5) is 4.39 Å². The Morgan fingerprint density at radius 3 is 2.65 bits per heavy atom. The van der Waals surface area contributed by atoms with Gasteiger partial charge >= 0.3 is 5.97 Å². The second-order valence-corrected chi connectivity index (χ2v) is 7.64. The van der Waals surface area contributed by atoms with E-state index in [0.717, 1.165) is 22.6 Å². The first-order valence-electron chi connectivity index (χ1n) is 8.73. The molecule has 1 aromatic rings. The second kappa shape index (κ2) is 5.47. The lowest BCUT2D eigenvalue weighted by atomic mass is 9.61. The minimum Gasteiger partial charge on any atom is -0.461 e. The maximum Gasteiger partial charge on any atom is 0.338 e. The summed E-state index contributed by atoms with van der Waals surface area (Å²) in [6.45, 7) is 2.40. The Morgan fingerprint density at radius 2 is 1.96 bits per heavy atom. The zero-order valence-electron chi connectivity index (χ0n) is 13.7. The molecule has 4 aliphatic carbocycles. The number of esters is 1. The van der Waals surface area contributed by atoms with Crippen LogP contribution in [0, 0.1) is 24.1 Å². The molecule has 3 fully saturated rings. The van der Waals surface area contributed by atoms with E-state index in [1.165, 1.54) is 50.7 Å². The number of ether oxygens (including phenoxy) is 1. The molecule has 2 nitrogen and oxygen atoms in total. The summed E-state index contributed by atoms with van der Waals surface area (Å²) < 4.78 is 19.2. The maximum absolute atomic E-state index is 13.5. The highest BCUT2D eigenvalue weighted by Crippen LogP contribution is 2.50. The predicted octanol–water partition coefficient (Wildman–Crippen LogP) is 4.59. The number of hydrogen-bond acceptors (Lipinski definition) is 2. The topological polar surface area (TPSA) is 26.3 Å². The van der Waals surface area contributed by atoms with Gasteiger partial charge in [0.1, 0.15) is 5.82 Å². The summed E-state index contributed by atoms with van der Waals surface area (Å²) in [6, 6.07) is 3.02. The number of carbonyl (C=O) groups excluding carboxylic acids is 1. The van der Waals surface area contributed by atoms with E-state index in [9.17, 15) is 9.18 Å². The molecule has 0 atom stereocenters. The molecule has 0 aliphatic heterocycles. The Labute approximate surface area is 136 Å². The standard InChI is InChI=1S/C20H23FO2/c1-13-10-16(21)11-15-2-3-17(18(13)15)19(22)23-12-20-7-4-14(5-8-20)6-9-20/h3,10-11,14H,2,4-9,12H2,1H3. The number of carbonyl (C=O) groups is 1. The third-order valence-corrected chi connectivity index (χ3v) is 6.16. The van der Waals surface area contributed by atoms with Crippen molar-refractivity contribution >= 4 is 11.5 Å². The molecular weight excluding hydrogens is 291 g/mol. The molecule has 0 spiro atoms. The fourth-order valence-electron chi connectivity index (χ4n) is 4.71. The number of hydrogen-bond donors (Lipinski definition) is 0.